The van der Waals surface area contributed by atoms with Crippen molar-refractivity contribution in [2.45, 2.75) is 37.1 Å². The lowest BCUT2D eigenvalue weighted by molar-refractivity contribution is -0.723. The topological polar surface area (TPSA) is 251 Å². The lowest BCUT2D eigenvalue weighted by Crippen LogP contribution is -3.09. The number of para-hydroxylation sites is 1. The van der Waals surface area contributed by atoms with Gasteiger partial charge in [0, 0.05) is 40.1 Å². The van der Waals surface area contributed by atoms with Gasteiger partial charge in [0.2, 0.25) is 12.2 Å². The number of amidine groups is 1. The molecule has 50 heavy (non-hydrogen) atoms. The van der Waals surface area contributed by atoms with Crippen LogP contribution in [-0.4, -0.2) is 118 Å². The average molecular weight is 686 g/mol. The van der Waals surface area contributed by atoms with E-state index in [1.165, 1.54) is 18.2 Å². The van der Waals surface area contributed by atoms with Crippen LogP contribution in [0.1, 0.15) is 43.0 Å². The van der Waals surface area contributed by atoms with E-state index in [1.807, 2.05) is 0 Å². The number of aliphatic hydroxyl groups excluding tert-OH is 5. The van der Waals surface area contributed by atoms with Crippen LogP contribution in [0, 0.1) is 5.41 Å². The molecule has 0 radical (unpaired) electrons. The molecule has 3 aliphatic heterocycles. The third kappa shape index (κ3) is 5.58. The van der Waals surface area contributed by atoms with E-state index in [9.17, 15) is 40.2 Å². The van der Waals surface area contributed by atoms with Gasteiger partial charge < -0.3 is 44.8 Å². The number of hydrogen-bond donors (Lipinski definition) is 7. The van der Waals surface area contributed by atoms with Gasteiger partial charge in [-0.2, -0.15) is 4.99 Å². The number of aliphatic hydroxyl groups is 5. The van der Waals surface area contributed by atoms with Gasteiger partial charge in [-0.25, -0.2) is 14.9 Å². The van der Waals surface area contributed by atoms with Crippen LogP contribution in [-0.2, 0) is 11.2 Å². The summed E-state index contributed by atoms with van der Waals surface area (Å²) < 4.78 is 17.8. The zero-order valence-corrected chi connectivity index (χ0v) is 26.1. The van der Waals surface area contributed by atoms with Crippen molar-refractivity contribution in [3.8, 4) is 11.5 Å². The first-order valence-corrected chi connectivity index (χ1v) is 15.6. The third-order valence-corrected chi connectivity index (χ3v) is 8.88. The van der Waals surface area contributed by atoms with E-state index in [0.717, 1.165) is 0 Å². The summed E-state index contributed by atoms with van der Waals surface area (Å²) in [4.78, 5) is 40.5. The smallest absolute Gasteiger partial charge is 0.262 e. The summed E-state index contributed by atoms with van der Waals surface area (Å²) >= 11 is 0. The molecular weight excluding hydrogens is 654 g/mol. The van der Waals surface area contributed by atoms with Crippen molar-refractivity contribution in [3.05, 3.63) is 88.0 Å². The van der Waals surface area contributed by atoms with Crippen molar-refractivity contribution in [2.75, 3.05) is 26.5 Å². The van der Waals surface area contributed by atoms with Gasteiger partial charge in [0.05, 0.1) is 18.8 Å². The number of rotatable bonds is 9. The number of benzene rings is 3. The van der Waals surface area contributed by atoms with E-state index in [0.29, 0.717) is 16.2 Å². The normalized spacial score (nSPS) is 25.6. The largest absolute Gasteiger partial charge is 0.857 e. The fourth-order valence-corrected chi connectivity index (χ4v) is 6.49. The molecule has 0 aromatic heterocycles. The number of ether oxygens (including phenoxy) is 3. The molecule has 6 atom stereocenters. The Labute approximate surface area is 283 Å². The molecule has 7 rings (SSSR count). The minimum absolute atomic E-state index is 0.00766. The summed E-state index contributed by atoms with van der Waals surface area (Å²) in [7, 11) is 0. The zero-order valence-electron chi connectivity index (χ0n) is 26.1. The van der Waals surface area contributed by atoms with E-state index in [2.05, 4.69) is 15.0 Å². The Morgan fingerprint density at radius 1 is 0.900 bits per heavy atom. The molecule has 3 aromatic carbocycles. The Hall–Kier alpha value is -5.20. The van der Waals surface area contributed by atoms with E-state index in [-0.39, 0.29) is 70.6 Å². The van der Waals surface area contributed by atoms with Crippen LogP contribution in [0.25, 0.3) is 0 Å². The molecule has 7 N–H and O–H groups in total. The van der Waals surface area contributed by atoms with Crippen LogP contribution < -0.4 is 19.5 Å². The molecule has 0 saturated carbocycles. The van der Waals surface area contributed by atoms with Crippen LogP contribution in [0.4, 0.5) is 5.69 Å². The molecule has 6 unspecified atom stereocenters. The van der Waals surface area contributed by atoms with Crippen molar-refractivity contribution < 1.29 is 59.3 Å². The Balaban J connectivity index is 1.38. The molecule has 1 saturated heterocycles. The lowest BCUT2D eigenvalue weighted by Gasteiger charge is -2.40. The van der Waals surface area contributed by atoms with Crippen LogP contribution >= 0.6 is 0 Å². The monoisotopic (exact) mass is 685 g/mol. The average Bonchev–Trinajstić information content (AvgIpc) is 3.54. The van der Waals surface area contributed by atoms with Crippen LogP contribution in [0.5, 0.6) is 11.5 Å². The van der Waals surface area contributed by atoms with Crippen molar-refractivity contribution in [3.63, 3.8) is 0 Å². The summed E-state index contributed by atoms with van der Waals surface area (Å²) in [6, 6.07) is 14.8. The predicted octanol–water partition coefficient (Wildman–Crippen LogP) is -2.36. The molecule has 3 aromatic rings. The van der Waals surface area contributed by atoms with Crippen molar-refractivity contribution >= 4 is 40.7 Å². The van der Waals surface area contributed by atoms with Gasteiger partial charge in [-0.1, -0.05) is 42.5 Å². The third-order valence-electron chi connectivity index (χ3n) is 8.88. The number of guanidine groups is 1. The van der Waals surface area contributed by atoms with Crippen molar-refractivity contribution in [2.24, 2.45) is 15.0 Å². The second-order valence-electron chi connectivity index (χ2n) is 11.9. The molecule has 1 fully saturated rings. The molecular formula is C34H31N5O11. The number of quaternary nitrogens is 1. The molecule has 0 bridgehead atoms. The number of carbonyl (C=O) groups is 2. The Bertz CT molecular complexity index is 2010. The molecule has 0 spiro atoms. The highest BCUT2D eigenvalue weighted by Gasteiger charge is 2.46. The Morgan fingerprint density at radius 2 is 1.62 bits per heavy atom. The number of hydrogen-bond acceptors (Lipinski definition) is 13. The van der Waals surface area contributed by atoms with Crippen LogP contribution in [0.2, 0.25) is 0 Å². The maximum atomic E-state index is 14.0. The van der Waals surface area contributed by atoms with E-state index in [4.69, 9.17) is 19.6 Å². The highest BCUT2D eigenvalue weighted by molar-refractivity contribution is 6.66. The minimum Gasteiger partial charge on any atom is -0.857 e. The van der Waals surface area contributed by atoms with Crippen LogP contribution in [0.3, 0.4) is 0 Å². The standard InChI is InChI=1S/C34H31N5O11/c35-34-37-31-23(32(47)38-34)36-14-39(31)20-8-4-1-5-15(20)11-16-12-19-22(25(43)18-7-3-2-6-17(18)24(19)42)30(48-10-9-40)29(16)50-33-28(46)27(45)26(44)21(13-41)49-33/h1-8,12,21,26-28,33,40-41,44-46H,9-11,13-14H2,(H2,35,38,47). The molecule has 3 heterocycles. The minimum atomic E-state index is -1.83. The predicted molar refractivity (Wildman–Crippen MR) is 171 cm³/mol. The van der Waals surface area contributed by atoms with Crippen molar-refractivity contribution in [1.29, 1.82) is 5.41 Å². The number of aliphatic imine (C=N–C) groups is 3. The number of carbonyl (C=O) groups excluding carboxylic acids is 2. The SMILES string of the molecule is N=C1N=C([O-])C2=NC[NH+](c3ccccc3Cc3cc4c(c(OCCO)c3OC3OC(CO)C(O)C(O)C3O)C(=O)c3ccccc3C4=O)C2=N1. The molecule has 1 aliphatic carbocycles. The maximum absolute atomic E-state index is 14.0. The van der Waals surface area contributed by atoms with Gasteiger partial charge in [0.25, 0.3) is 5.84 Å². The van der Waals surface area contributed by atoms with E-state index < -0.39 is 67.3 Å². The first kappa shape index (κ1) is 33.3. The summed E-state index contributed by atoms with van der Waals surface area (Å²) in [6.45, 7) is -1.47. The summed E-state index contributed by atoms with van der Waals surface area (Å²) in [5, 5.41) is 71.7. The summed E-state index contributed by atoms with van der Waals surface area (Å²) in [6.07, 6.45) is -8.34. The fraction of sp³-hybridized carbons (Fsp3) is 0.294. The quantitative estimate of drug-likeness (QED) is 0.0981. The lowest BCUT2D eigenvalue weighted by atomic mass is 9.81. The molecule has 4 aliphatic rings. The Morgan fingerprint density at radius 3 is 2.36 bits per heavy atom. The fourth-order valence-electron chi connectivity index (χ4n) is 6.49. The summed E-state index contributed by atoms with van der Waals surface area (Å²) in [5.41, 5.74) is 1.64. The van der Waals surface area contributed by atoms with Gasteiger partial charge >= 0.3 is 0 Å². The van der Waals surface area contributed by atoms with Crippen LogP contribution in [0.15, 0.2) is 69.6 Å². The van der Waals surface area contributed by atoms with Gasteiger partial charge in [-0.15, -0.1) is 0 Å². The van der Waals surface area contributed by atoms with Gasteiger partial charge in [0.15, 0.2) is 35.4 Å². The number of nitrogens with one attached hydrogen (secondary N) is 2. The Kier molecular flexibility index (Phi) is 8.83. The first-order valence-electron chi connectivity index (χ1n) is 15.6. The van der Waals surface area contributed by atoms with E-state index >= 15 is 0 Å². The molecule has 16 heteroatoms. The summed E-state index contributed by atoms with van der Waals surface area (Å²) in [5.74, 6) is -2.35. The second kappa shape index (κ2) is 13.3. The number of ketones is 2. The molecule has 0 amide bonds. The van der Waals surface area contributed by atoms with Gasteiger partial charge in [-0.05, 0) is 12.1 Å². The van der Waals surface area contributed by atoms with Gasteiger partial charge in [0.1, 0.15) is 36.7 Å². The van der Waals surface area contributed by atoms with E-state index in [1.54, 1.807) is 36.4 Å². The zero-order chi connectivity index (χ0) is 35.3. The van der Waals surface area contributed by atoms with Gasteiger partial charge in [-0.3, -0.25) is 15.0 Å². The highest BCUT2D eigenvalue weighted by atomic mass is 16.7. The second-order valence-corrected chi connectivity index (χ2v) is 11.9. The number of fused-ring (bicyclic) bond motifs is 3. The maximum Gasteiger partial charge on any atom is 0.262 e. The molecule has 16 nitrogen and oxygen atoms in total. The highest BCUT2D eigenvalue weighted by Crippen LogP contribution is 2.44. The first-order chi connectivity index (χ1) is 24.1. The number of nitrogens with zero attached hydrogens (tertiary/aromatic N) is 3. The molecule has 258 valence electrons. The van der Waals surface area contributed by atoms with Crippen molar-refractivity contribution in [1.82, 2.24) is 0 Å².